The van der Waals surface area contributed by atoms with Gasteiger partial charge in [0, 0.05) is 11.0 Å². The zero-order valence-corrected chi connectivity index (χ0v) is 13.1. The highest BCUT2D eigenvalue weighted by Gasteiger charge is 2.71. The van der Waals surface area contributed by atoms with Gasteiger partial charge in [0.1, 0.15) is 5.60 Å². The van der Waals surface area contributed by atoms with E-state index in [2.05, 4.69) is 5.32 Å². The van der Waals surface area contributed by atoms with Crippen LogP contribution in [0.5, 0.6) is 0 Å². The predicted octanol–water partition coefficient (Wildman–Crippen LogP) is 3.10. The molecule has 3 aliphatic carbocycles. The summed E-state index contributed by atoms with van der Waals surface area (Å²) in [5.41, 5.74) is 6.19. The van der Waals surface area contributed by atoms with E-state index < -0.39 is 5.60 Å². The van der Waals surface area contributed by atoms with Crippen molar-refractivity contribution in [2.24, 2.45) is 11.1 Å². The number of ether oxygens (including phenoxy) is 1. The molecule has 0 heterocycles. The van der Waals surface area contributed by atoms with Crippen molar-refractivity contribution in [3.8, 4) is 0 Å². The highest BCUT2D eigenvalue weighted by molar-refractivity contribution is 5.70. The van der Waals surface area contributed by atoms with Crippen LogP contribution in [0.25, 0.3) is 0 Å². The van der Waals surface area contributed by atoms with Crippen LogP contribution in [-0.4, -0.2) is 22.8 Å². The Balaban J connectivity index is 1.76. The highest BCUT2D eigenvalue weighted by Crippen LogP contribution is 2.68. The molecule has 0 atom stereocenters. The lowest BCUT2D eigenvalue weighted by atomic mass is 9.68. The monoisotopic (exact) mass is 280 g/mol. The lowest BCUT2D eigenvalue weighted by molar-refractivity contribution is 0.0369. The van der Waals surface area contributed by atoms with Gasteiger partial charge in [0.2, 0.25) is 0 Å². The minimum absolute atomic E-state index is 0.0327. The maximum Gasteiger partial charge on any atom is 0.408 e. The zero-order valence-electron chi connectivity index (χ0n) is 13.1. The molecule has 0 aromatic rings. The van der Waals surface area contributed by atoms with Gasteiger partial charge in [-0.2, -0.15) is 0 Å². The van der Waals surface area contributed by atoms with Crippen LogP contribution >= 0.6 is 0 Å². The summed E-state index contributed by atoms with van der Waals surface area (Å²) in [6.07, 6.45) is 8.91. The van der Waals surface area contributed by atoms with Crippen molar-refractivity contribution >= 4 is 6.09 Å². The fraction of sp³-hybridized carbons (Fsp3) is 0.938. The van der Waals surface area contributed by atoms with Crippen LogP contribution in [0, 0.1) is 5.41 Å². The Labute approximate surface area is 121 Å². The third-order valence-electron chi connectivity index (χ3n) is 5.61. The zero-order chi connectivity index (χ0) is 14.6. The minimum Gasteiger partial charge on any atom is -0.444 e. The van der Waals surface area contributed by atoms with E-state index >= 15 is 0 Å². The first kappa shape index (κ1) is 14.2. The molecule has 0 bridgehead atoms. The molecule has 20 heavy (non-hydrogen) atoms. The number of amides is 1. The normalized spacial score (nSPS) is 28.8. The average Bonchev–Trinajstić information content (AvgIpc) is 3.19. The van der Waals surface area contributed by atoms with E-state index in [1.807, 2.05) is 20.8 Å². The Kier molecular flexibility index (Phi) is 2.92. The van der Waals surface area contributed by atoms with Gasteiger partial charge in [-0.05, 0) is 59.3 Å². The number of hydrogen-bond donors (Lipinski definition) is 2. The van der Waals surface area contributed by atoms with E-state index in [4.69, 9.17) is 10.5 Å². The molecule has 1 amide bonds. The third kappa shape index (κ3) is 2.12. The van der Waals surface area contributed by atoms with Gasteiger partial charge >= 0.3 is 6.09 Å². The van der Waals surface area contributed by atoms with E-state index in [1.165, 1.54) is 25.7 Å². The summed E-state index contributed by atoms with van der Waals surface area (Å²) in [6, 6.07) is 0. The van der Waals surface area contributed by atoms with Gasteiger partial charge in [-0.3, -0.25) is 0 Å². The predicted molar refractivity (Wildman–Crippen MR) is 78.4 cm³/mol. The quantitative estimate of drug-likeness (QED) is 0.835. The Hall–Kier alpha value is -0.770. The maximum absolute atomic E-state index is 12.2. The van der Waals surface area contributed by atoms with Gasteiger partial charge in [-0.1, -0.05) is 12.8 Å². The first-order chi connectivity index (χ1) is 9.22. The molecule has 3 rings (SSSR count). The number of carbonyl (C=O) groups excluding carboxylic acids is 1. The largest absolute Gasteiger partial charge is 0.444 e. The topological polar surface area (TPSA) is 64.3 Å². The van der Waals surface area contributed by atoms with Crippen LogP contribution < -0.4 is 11.1 Å². The van der Waals surface area contributed by atoms with Gasteiger partial charge < -0.3 is 15.8 Å². The van der Waals surface area contributed by atoms with Crippen molar-refractivity contribution in [2.45, 2.75) is 88.8 Å². The Bertz CT molecular complexity index is 411. The molecule has 0 saturated heterocycles. The van der Waals surface area contributed by atoms with Crippen LogP contribution in [0.4, 0.5) is 4.79 Å². The second-order valence-corrected chi connectivity index (χ2v) is 8.15. The summed E-state index contributed by atoms with van der Waals surface area (Å²) >= 11 is 0. The van der Waals surface area contributed by atoms with E-state index in [9.17, 15) is 4.79 Å². The molecular weight excluding hydrogens is 252 g/mol. The summed E-state index contributed by atoms with van der Waals surface area (Å²) in [5, 5.41) is 3.21. The van der Waals surface area contributed by atoms with E-state index in [1.54, 1.807) is 0 Å². The Morgan fingerprint density at radius 3 is 2.00 bits per heavy atom. The Morgan fingerprint density at radius 2 is 1.60 bits per heavy atom. The standard InChI is InChI=1S/C16H28N2O2/c1-13(2,3)20-12(19)18-16(10-11-16)14(6-4-5-7-14)15(17)8-9-15/h4-11,17H2,1-3H3,(H,18,19). The van der Waals surface area contributed by atoms with Crippen LogP contribution in [0.15, 0.2) is 0 Å². The number of nitrogens with one attached hydrogen (secondary N) is 1. The first-order valence-corrected chi connectivity index (χ1v) is 8.02. The van der Waals surface area contributed by atoms with Gasteiger partial charge in [0.15, 0.2) is 0 Å². The van der Waals surface area contributed by atoms with Crippen molar-refractivity contribution in [1.82, 2.24) is 5.32 Å². The molecule has 0 spiro atoms. The van der Waals surface area contributed by atoms with Gasteiger partial charge in [0.05, 0.1) is 5.54 Å². The minimum atomic E-state index is -0.441. The number of nitrogens with two attached hydrogens (primary N) is 1. The molecule has 4 heteroatoms. The summed E-state index contributed by atoms with van der Waals surface area (Å²) in [7, 11) is 0. The van der Waals surface area contributed by atoms with Gasteiger partial charge in [0.25, 0.3) is 0 Å². The molecule has 4 nitrogen and oxygen atoms in total. The molecule has 0 radical (unpaired) electrons. The third-order valence-corrected chi connectivity index (χ3v) is 5.61. The van der Waals surface area contributed by atoms with Crippen LogP contribution in [0.3, 0.4) is 0 Å². The maximum atomic E-state index is 12.2. The van der Waals surface area contributed by atoms with Crippen molar-refractivity contribution in [3.05, 3.63) is 0 Å². The number of alkyl carbamates (subject to hydrolysis) is 1. The van der Waals surface area contributed by atoms with Crippen LogP contribution in [0.1, 0.15) is 72.1 Å². The lowest BCUT2D eigenvalue weighted by Gasteiger charge is -2.44. The fourth-order valence-electron chi connectivity index (χ4n) is 4.39. The van der Waals surface area contributed by atoms with Crippen LogP contribution in [0.2, 0.25) is 0 Å². The number of rotatable bonds is 3. The molecular formula is C16H28N2O2. The molecule has 0 aromatic carbocycles. The van der Waals surface area contributed by atoms with Crippen molar-refractivity contribution in [1.29, 1.82) is 0 Å². The van der Waals surface area contributed by atoms with Crippen molar-refractivity contribution < 1.29 is 9.53 Å². The fourth-order valence-corrected chi connectivity index (χ4v) is 4.39. The van der Waals surface area contributed by atoms with E-state index in [-0.39, 0.29) is 22.6 Å². The first-order valence-electron chi connectivity index (χ1n) is 8.02. The van der Waals surface area contributed by atoms with E-state index in [0.29, 0.717) is 0 Å². The average molecular weight is 280 g/mol. The van der Waals surface area contributed by atoms with E-state index in [0.717, 1.165) is 25.7 Å². The molecule has 3 N–H and O–H groups in total. The van der Waals surface area contributed by atoms with Crippen LogP contribution in [-0.2, 0) is 4.74 Å². The molecule has 0 aliphatic heterocycles. The van der Waals surface area contributed by atoms with Crippen molar-refractivity contribution in [3.63, 3.8) is 0 Å². The molecule has 3 fully saturated rings. The molecule has 0 aromatic heterocycles. The van der Waals surface area contributed by atoms with Crippen molar-refractivity contribution in [2.75, 3.05) is 0 Å². The second-order valence-electron chi connectivity index (χ2n) is 8.15. The van der Waals surface area contributed by atoms with Gasteiger partial charge in [-0.15, -0.1) is 0 Å². The summed E-state index contributed by atoms with van der Waals surface area (Å²) in [4.78, 5) is 12.2. The molecule has 114 valence electrons. The number of carbonyl (C=O) groups is 1. The SMILES string of the molecule is CC(C)(C)OC(=O)NC1(C2(C3(N)CC3)CCCC2)CC1. The summed E-state index contributed by atoms with van der Waals surface area (Å²) in [5.74, 6) is 0. The number of hydrogen-bond acceptors (Lipinski definition) is 3. The smallest absolute Gasteiger partial charge is 0.408 e. The molecule has 3 saturated carbocycles. The highest BCUT2D eigenvalue weighted by atomic mass is 16.6. The summed E-state index contributed by atoms with van der Waals surface area (Å²) in [6.45, 7) is 5.72. The lowest BCUT2D eigenvalue weighted by Crippen LogP contribution is -2.59. The van der Waals surface area contributed by atoms with Gasteiger partial charge in [-0.25, -0.2) is 4.79 Å². The molecule has 0 unspecified atom stereocenters. The molecule has 3 aliphatic rings. The Morgan fingerprint density at radius 1 is 1.05 bits per heavy atom. The second kappa shape index (κ2) is 4.12. The summed E-state index contributed by atoms with van der Waals surface area (Å²) < 4.78 is 5.46.